The number of nitrogens with zero attached hydrogens (tertiary/aromatic N) is 1. The van der Waals surface area contributed by atoms with Crippen molar-refractivity contribution in [2.75, 3.05) is 0 Å². The summed E-state index contributed by atoms with van der Waals surface area (Å²) >= 11 is 0. The molecule has 0 spiro atoms. The number of aromatic nitrogens is 2. The highest BCUT2D eigenvalue weighted by molar-refractivity contribution is 5.81. The molecule has 1 heterocycles. The number of nitrogens with one attached hydrogen (secondary N) is 1. The largest absolute Gasteiger partial charge is 0.342 e. The van der Waals surface area contributed by atoms with Crippen LogP contribution >= 0.6 is 0 Å². The standard InChI is InChI=1S/C13H16N2O/c1-8(2)13-14-11-5-4-10(6-9(3)16)7-12(11)15-13/h4-5,7-8H,6H2,1-3H3,(H,14,15). The number of Topliss-reactive ketones (excluding diaryl/α,β-unsaturated/α-hetero) is 1. The molecule has 0 unspecified atom stereocenters. The lowest BCUT2D eigenvalue weighted by molar-refractivity contribution is -0.116. The lowest BCUT2D eigenvalue weighted by Gasteiger charge is -1.97. The molecule has 16 heavy (non-hydrogen) atoms. The van der Waals surface area contributed by atoms with Crippen molar-refractivity contribution >= 4 is 16.8 Å². The Balaban J connectivity index is 2.41. The molecule has 1 N–H and O–H groups in total. The molecule has 0 saturated carbocycles. The maximum atomic E-state index is 11.0. The molecule has 2 rings (SSSR count). The maximum Gasteiger partial charge on any atom is 0.134 e. The van der Waals surface area contributed by atoms with E-state index in [0.717, 1.165) is 22.4 Å². The molecule has 0 amide bonds. The van der Waals surface area contributed by atoms with E-state index < -0.39 is 0 Å². The van der Waals surface area contributed by atoms with E-state index in [1.54, 1.807) is 6.92 Å². The Labute approximate surface area is 94.9 Å². The molecule has 0 atom stereocenters. The van der Waals surface area contributed by atoms with Gasteiger partial charge in [0.05, 0.1) is 11.0 Å². The first kappa shape index (κ1) is 10.9. The van der Waals surface area contributed by atoms with Crippen LogP contribution in [0.15, 0.2) is 18.2 Å². The second-order valence-electron chi connectivity index (χ2n) is 4.51. The van der Waals surface area contributed by atoms with Crippen LogP contribution in [-0.4, -0.2) is 15.8 Å². The van der Waals surface area contributed by atoms with E-state index in [1.807, 2.05) is 18.2 Å². The zero-order valence-electron chi connectivity index (χ0n) is 9.87. The summed E-state index contributed by atoms with van der Waals surface area (Å²) in [6.07, 6.45) is 0.492. The van der Waals surface area contributed by atoms with Crippen molar-refractivity contribution in [3.05, 3.63) is 29.6 Å². The molecule has 0 aliphatic carbocycles. The number of rotatable bonds is 3. The fourth-order valence-corrected chi connectivity index (χ4v) is 1.75. The van der Waals surface area contributed by atoms with Gasteiger partial charge >= 0.3 is 0 Å². The monoisotopic (exact) mass is 216 g/mol. The summed E-state index contributed by atoms with van der Waals surface area (Å²) in [4.78, 5) is 18.8. The van der Waals surface area contributed by atoms with E-state index in [4.69, 9.17) is 0 Å². The first-order valence-corrected chi connectivity index (χ1v) is 5.54. The van der Waals surface area contributed by atoms with Gasteiger partial charge in [0.2, 0.25) is 0 Å². The van der Waals surface area contributed by atoms with Gasteiger partial charge in [-0.15, -0.1) is 0 Å². The van der Waals surface area contributed by atoms with Crippen LogP contribution in [0.2, 0.25) is 0 Å². The van der Waals surface area contributed by atoms with Crippen molar-refractivity contribution < 1.29 is 4.79 Å². The molecule has 84 valence electrons. The second-order valence-corrected chi connectivity index (χ2v) is 4.51. The van der Waals surface area contributed by atoms with Crippen LogP contribution in [0, 0.1) is 0 Å². The second kappa shape index (κ2) is 4.08. The van der Waals surface area contributed by atoms with Gasteiger partial charge in [-0.25, -0.2) is 4.98 Å². The van der Waals surface area contributed by atoms with Crippen LogP contribution < -0.4 is 0 Å². The summed E-state index contributed by atoms with van der Waals surface area (Å²) in [6.45, 7) is 5.82. The van der Waals surface area contributed by atoms with E-state index in [-0.39, 0.29) is 5.78 Å². The predicted octanol–water partition coefficient (Wildman–Crippen LogP) is 2.82. The smallest absolute Gasteiger partial charge is 0.134 e. The highest BCUT2D eigenvalue weighted by Crippen LogP contribution is 2.18. The average Bonchev–Trinajstić information content (AvgIpc) is 2.59. The van der Waals surface area contributed by atoms with Crippen molar-refractivity contribution in [1.29, 1.82) is 0 Å². The molecule has 1 aromatic carbocycles. The van der Waals surface area contributed by atoms with Gasteiger partial charge < -0.3 is 4.98 Å². The first-order chi connectivity index (χ1) is 7.56. The number of H-pyrrole nitrogens is 1. The molecule has 3 heteroatoms. The zero-order chi connectivity index (χ0) is 11.7. The van der Waals surface area contributed by atoms with Crippen LogP contribution in [-0.2, 0) is 11.2 Å². The lowest BCUT2D eigenvalue weighted by atomic mass is 10.1. The number of aromatic amines is 1. The third kappa shape index (κ3) is 2.13. The van der Waals surface area contributed by atoms with Crippen LogP contribution in [0.4, 0.5) is 0 Å². The van der Waals surface area contributed by atoms with Crippen LogP contribution in [0.5, 0.6) is 0 Å². The zero-order valence-corrected chi connectivity index (χ0v) is 9.87. The summed E-state index contributed by atoms with van der Waals surface area (Å²) in [5, 5.41) is 0. The van der Waals surface area contributed by atoms with E-state index in [0.29, 0.717) is 12.3 Å². The Bertz CT molecular complexity index is 526. The quantitative estimate of drug-likeness (QED) is 0.857. The normalized spacial score (nSPS) is 11.2. The van der Waals surface area contributed by atoms with E-state index in [1.165, 1.54) is 0 Å². The van der Waals surface area contributed by atoms with Crippen molar-refractivity contribution in [3.8, 4) is 0 Å². The van der Waals surface area contributed by atoms with Gasteiger partial charge in [0.25, 0.3) is 0 Å². The number of benzene rings is 1. The van der Waals surface area contributed by atoms with Gasteiger partial charge in [0, 0.05) is 12.3 Å². The third-order valence-corrected chi connectivity index (χ3v) is 2.56. The van der Waals surface area contributed by atoms with Crippen LogP contribution in [0.1, 0.15) is 38.1 Å². The van der Waals surface area contributed by atoms with Crippen LogP contribution in [0.3, 0.4) is 0 Å². The summed E-state index contributed by atoms with van der Waals surface area (Å²) in [7, 11) is 0. The summed E-state index contributed by atoms with van der Waals surface area (Å²) in [6, 6.07) is 5.94. The lowest BCUT2D eigenvalue weighted by Crippen LogP contribution is -1.95. The fourth-order valence-electron chi connectivity index (χ4n) is 1.75. The first-order valence-electron chi connectivity index (χ1n) is 5.54. The van der Waals surface area contributed by atoms with Gasteiger partial charge in [0.15, 0.2) is 0 Å². The maximum absolute atomic E-state index is 11.0. The minimum Gasteiger partial charge on any atom is -0.342 e. The number of carbonyl (C=O) groups excluding carboxylic acids is 1. The Morgan fingerprint density at radius 3 is 2.81 bits per heavy atom. The van der Waals surface area contributed by atoms with E-state index >= 15 is 0 Å². The number of fused-ring (bicyclic) bond motifs is 1. The van der Waals surface area contributed by atoms with Gasteiger partial charge in [0.1, 0.15) is 11.6 Å². The minimum atomic E-state index is 0.183. The minimum absolute atomic E-state index is 0.183. The van der Waals surface area contributed by atoms with Crippen molar-refractivity contribution in [2.24, 2.45) is 0 Å². The SMILES string of the molecule is CC(=O)Cc1ccc2nc(C(C)C)[nH]c2c1. The number of hydrogen-bond acceptors (Lipinski definition) is 2. The Hall–Kier alpha value is -1.64. The number of ketones is 1. The number of hydrogen-bond donors (Lipinski definition) is 1. The highest BCUT2D eigenvalue weighted by Gasteiger charge is 2.07. The van der Waals surface area contributed by atoms with Gasteiger partial charge in [-0.3, -0.25) is 4.79 Å². The van der Waals surface area contributed by atoms with Gasteiger partial charge in [-0.2, -0.15) is 0 Å². The Morgan fingerprint density at radius 2 is 2.19 bits per heavy atom. The molecule has 0 saturated heterocycles. The topological polar surface area (TPSA) is 45.8 Å². The molecule has 0 aliphatic rings. The molecular formula is C13H16N2O. The van der Waals surface area contributed by atoms with E-state index in [9.17, 15) is 4.79 Å². The number of carbonyl (C=O) groups is 1. The third-order valence-electron chi connectivity index (χ3n) is 2.56. The molecule has 0 fully saturated rings. The van der Waals surface area contributed by atoms with Gasteiger partial charge in [-0.1, -0.05) is 19.9 Å². The molecular weight excluding hydrogens is 200 g/mol. The molecule has 0 radical (unpaired) electrons. The summed E-state index contributed by atoms with van der Waals surface area (Å²) < 4.78 is 0. The van der Waals surface area contributed by atoms with Crippen molar-refractivity contribution in [3.63, 3.8) is 0 Å². The van der Waals surface area contributed by atoms with Crippen molar-refractivity contribution in [2.45, 2.75) is 33.1 Å². The molecule has 0 aliphatic heterocycles. The molecule has 3 nitrogen and oxygen atoms in total. The summed E-state index contributed by atoms with van der Waals surface area (Å²) in [5.41, 5.74) is 3.03. The molecule has 0 bridgehead atoms. The van der Waals surface area contributed by atoms with Crippen molar-refractivity contribution in [1.82, 2.24) is 9.97 Å². The number of imidazole rings is 1. The molecule has 2 aromatic rings. The Kier molecular flexibility index (Phi) is 2.77. The van der Waals surface area contributed by atoms with Crippen LogP contribution in [0.25, 0.3) is 11.0 Å². The molecule has 1 aromatic heterocycles. The predicted molar refractivity (Wildman–Crippen MR) is 64.6 cm³/mol. The Morgan fingerprint density at radius 1 is 1.44 bits per heavy atom. The van der Waals surface area contributed by atoms with E-state index in [2.05, 4.69) is 23.8 Å². The average molecular weight is 216 g/mol. The summed E-state index contributed by atoms with van der Waals surface area (Å²) in [5.74, 6) is 1.57. The fraction of sp³-hybridized carbons (Fsp3) is 0.385. The van der Waals surface area contributed by atoms with Gasteiger partial charge in [-0.05, 0) is 24.6 Å². The highest BCUT2D eigenvalue weighted by atomic mass is 16.1.